The van der Waals surface area contributed by atoms with Crippen molar-refractivity contribution in [2.24, 2.45) is 22.9 Å². The number of aromatic hydroxyl groups is 1. The number of carboxylic acid groups (broad SMARTS) is 4. The van der Waals surface area contributed by atoms with Crippen LogP contribution in [0.2, 0.25) is 0 Å². The third kappa shape index (κ3) is 19.2. The lowest BCUT2D eigenvalue weighted by atomic mass is 10.1. The lowest BCUT2D eigenvalue weighted by Crippen LogP contribution is -2.32. The van der Waals surface area contributed by atoms with Gasteiger partial charge >= 0.3 is 23.9 Å². The molecular formula is C20H34N4O9. The summed E-state index contributed by atoms with van der Waals surface area (Å²) in [5.74, 6) is -3.99. The van der Waals surface area contributed by atoms with Gasteiger partial charge in [-0.25, -0.2) is 0 Å². The molecule has 1 aromatic carbocycles. The number of hydrogen-bond donors (Lipinski definition) is 9. The van der Waals surface area contributed by atoms with Crippen molar-refractivity contribution in [3.8, 4) is 5.75 Å². The van der Waals surface area contributed by atoms with Gasteiger partial charge in [-0.1, -0.05) is 18.6 Å². The molecule has 13 N–H and O–H groups in total. The number of rotatable bonds is 12. The van der Waals surface area contributed by atoms with Crippen molar-refractivity contribution < 1.29 is 44.7 Å². The first-order valence-electron chi connectivity index (χ1n) is 9.96. The summed E-state index contributed by atoms with van der Waals surface area (Å²) in [4.78, 5) is 40.4. The van der Waals surface area contributed by atoms with Crippen molar-refractivity contribution in [1.82, 2.24) is 0 Å². The number of carboxylic acids is 4. The summed E-state index contributed by atoms with van der Waals surface area (Å²) in [6.45, 7) is 0.604. The first kappa shape index (κ1) is 31.9. The first-order chi connectivity index (χ1) is 15.3. The monoisotopic (exact) mass is 474 g/mol. The number of benzene rings is 1. The van der Waals surface area contributed by atoms with E-state index in [1.54, 1.807) is 12.1 Å². The maximum atomic E-state index is 10.4. The van der Waals surface area contributed by atoms with Gasteiger partial charge in [0.1, 0.15) is 23.9 Å². The fourth-order valence-corrected chi connectivity index (χ4v) is 2.01. The number of unbranched alkanes of at least 4 members (excludes halogenated alkanes) is 1. The van der Waals surface area contributed by atoms with Gasteiger partial charge in [-0.05, 0) is 49.9 Å². The standard InChI is InChI=1S/C9H11NO3.C6H14N2O2.C5H9NO4/c10-8(9(12)13)5-6-1-3-7(11)4-2-6;7-4-2-1-3-5(8)6(9)10;6-3(5(9)10)1-2-4(7)8/h1-4,8,11H,5,10H2,(H,12,13);5H,1-4,7-8H2,(H,9,10);3H,1-2,6H2,(H,7,8)(H,9,10). The smallest absolute Gasteiger partial charge is 0.320 e. The number of carbonyl (C=O) groups is 4. The van der Waals surface area contributed by atoms with Crippen LogP contribution in [0.1, 0.15) is 37.7 Å². The summed E-state index contributed by atoms with van der Waals surface area (Å²) in [7, 11) is 0. The lowest BCUT2D eigenvalue weighted by molar-refractivity contribution is -0.141. The molecular weight excluding hydrogens is 440 g/mol. The van der Waals surface area contributed by atoms with Gasteiger partial charge in [0.15, 0.2) is 0 Å². The summed E-state index contributed by atoms with van der Waals surface area (Å²) in [5.41, 5.74) is 21.5. The number of nitrogens with two attached hydrogens (primary N) is 4. The van der Waals surface area contributed by atoms with Crippen LogP contribution in [0.25, 0.3) is 0 Å². The Morgan fingerprint density at radius 1 is 0.727 bits per heavy atom. The zero-order valence-corrected chi connectivity index (χ0v) is 18.2. The van der Waals surface area contributed by atoms with Crippen molar-refractivity contribution >= 4 is 23.9 Å². The van der Waals surface area contributed by atoms with Crippen molar-refractivity contribution in [3.05, 3.63) is 29.8 Å². The molecule has 0 saturated heterocycles. The summed E-state index contributed by atoms with van der Waals surface area (Å²) < 4.78 is 0. The molecule has 0 amide bonds. The SMILES string of the molecule is NC(CCC(=O)O)C(=O)O.NC(Cc1ccc(O)cc1)C(=O)O.NCCCCC(N)C(=O)O. The van der Waals surface area contributed by atoms with E-state index in [4.69, 9.17) is 48.5 Å². The van der Waals surface area contributed by atoms with Crippen LogP contribution in [0.5, 0.6) is 5.75 Å². The molecule has 33 heavy (non-hydrogen) atoms. The minimum atomic E-state index is -1.17. The van der Waals surface area contributed by atoms with Gasteiger partial charge in [0, 0.05) is 6.42 Å². The van der Waals surface area contributed by atoms with E-state index in [0.717, 1.165) is 18.4 Å². The molecule has 0 aromatic heterocycles. The highest BCUT2D eigenvalue weighted by Crippen LogP contribution is 2.10. The van der Waals surface area contributed by atoms with Gasteiger partial charge in [0.2, 0.25) is 0 Å². The number of phenols is 1. The summed E-state index contributed by atoms with van der Waals surface area (Å²) >= 11 is 0. The predicted octanol–water partition coefficient (Wildman–Crippen LogP) is -0.863. The predicted molar refractivity (Wildman–Crippen MR) is 118 cm³/mol. The van der Waals surface area contributed by atoms with Gasteiger partial charge in [-0.15, -0.1) is 0 Å². The Labute approximate surface area is 191 Å². The zero-order chi connectivity index (χ0) is 26.0. The molecule has 13 heteroatoms. The van der Waals surface area contributed by atoms with E-state index in [9.17, 15) is 19.2 Å². The van der Waals surface area contributed by atoms with Crippen LogP contribution in [-0.4, -0.2) is 74.1 Å². The van der Waals surface area contributed by atoms with Crippen molar-refractivity contribution in [1.29, 1.82) is 0 Å². The van der Waals surface area contributed by atoms with E-state index < -0.39 is 42.0 Å². The van der Waals surface area contributed by atoms with Gasteiger partial charge in [0.05, 0.1) is 0 Å². The normalized spacial score (nSPS) is 12.6. The third-order valence-electron chi connectivity index (χ3n) is 3.98. The Morgan fingerprint density at radius 2 is 1.18 bits per heavy atom. The van der Waals surface area contributed by atoms with Gasteiger partial charge < -0.3 is 48.5 Å². The third-order valence-corrected chi connectivity index (χ3v) is 3.98. The minimum Gasteiger partial charge on any atom is -0.508 e. The van der Waals surface area contributed by atoms with Crippen LogP contribution in [0.15, 0.2) is 24.3 Å². The van der Waals surface area contributed by atoms with Crippen LogP contribution in [-0.2, 0) is 25.6 Å². The van der Waals surface area contributed by atoms with Crippen LogP contribution < -0.4 is 22.9 Å². The van der Waals surface area contributed by atoms with Gasteiger partial charge in [-0.3, -0.25) is 19.2 Å². The second-order valence-corrected chi connectivity index (χ2v) is 6.92. The molecule has 0 fully saturated rings. The molecule has 188 valence electrons. The topological polar surface area (TPSA) is 274 Å². The van der Waals surface area contributed by atoms with E-state index in [2.05, 4.69) is 0 Å². The Kier molecular flexibility index (Phi) is 17.7. The molecule has 0 bridgehead atoms. The van der Waals surface area contributed by atoms with Crippen LogP contribution >= 0.6 is 0 Å². The van der Waals surface area contributed by atoms with Crippen molar-refractivity contribution in [2.75, 3.05) is 6.54 Å². The Balaban J connectivity index is 0. The lowest BCUT2D eigenvalue weighted by Gasteiger charge is -2.05. The number of aliphatic carboxylic acids is 4. The first-order valence-corrected chi connectivity index (χ1v) is 9.96. The second kappa shape index (κ2) is 18.3. The molecule has 0 aliphatic heterocycles. The molecule has 3 atom stereocenters. The molecule has 0 aliphatic carbocycles. The fourth-order valence-electron chi connectivity index (χ4n) is 2.01. The van der Waals surface area contributed by atoms with Gasteiger partial charge in [0.25, 0.3) is 0 Å². The average molecular weight is 475 g/mol. The molecule has 13 nitrogen and oxygen atoms in total. The molecule has 0 saturated carbocycles. The van der Waals surface area contributed by atoms with Crippen molar-refractivity contribution in [3.63, 3.8) is 0 Å². The Bertz CT molecular complexity index is 729. The molecule has 1 rings (SSSR count). The highest BCUT2D eigenvalue weighted by atomic mass is 16.4. The van der Waals surface area contributed by atoms with E-state index in [-0.39, 0.29) is 25.0 Å². The quantitative estimate of drug-likeness (QED) is 0.167. The maximum Gasteiger partial charge on any atom is 0.320 e. The van der Waals surface area contributed by atoms with Crippen LogP contribution in [0.3, 0.4) is 0 Å². The van der Waals surface area contributed by atoms with E-state index >= 15 is 0 Å². The van der Waals surface area contributed by atoms with E-state index in [0.29, 0.717) is 13.0 Å². The Hall–Kier alpha value is -3.26. The average Bonchev–Trinajstić information content (AvgIpc) is 2.74. The summed E-state index contributed by atoms with van der Waals surface area (Å²) in [5, 5.41) is 42.1. The minimum absolute atomic E-state index is 0.0231. The second-order valence-electron chi connectivity index (χ2n) is 6.92. The number of phenolic OH excluding ortho intramolecular Hbond substituents is 1. The largest absolute Gasteiger partial charge is 0.508 e. The fraction of sp³-hybridized carbons (Fsp3) is 0.500. The molecule has 0 spiro atoms. The molecule has 3 unspecified atom stereocenters. The highest BCUT2D eigenvalue weighted by molar-refractivity contribution is 5.75. The summed E-state index contributed by atoms with van der Waals surface area (Å²) in [6, 6.07) is 3.65. The van der Waals surface area contributed by atoms with E-state index in [1.807, 2.05) is 0 Å². The van der Waals surface area contributed by atoms with Gasteiger partial charge in [-0.2, -0.15) is 0 Å². The maximum absolute atomic E-state index is 10.4. The number of hydrogen-bond acceptors (Lipinski definition) is 9. The Morgan fingerprint density at radius 3 is 1.58 bits per heavy atom. The zero-order valence-electron chi connectivity index (χ0n) is 18.2. The van der Waals surface area contributed by atoms with Crippen molar-refractivity contribution in [2.45, 2.75) is 56.7 Å². The van der Waals surface area contributed by atoms with Crippen LogP contribution in [0, 0.1) is 0 Å². The summed E-state index contributed by atoms with van der Waals surface area (Å²) in [6.07, 6.45) is 2.21. The van der Waals surface area contributed by atoms with E-state index in [1.165, 1.54) is 12.1 Å². The molecule has 0 radical (unpaired) electrons. The molecule has 0 aliphatic rings. The molecule has 1 aromatic rings. The molecule has 0 heterocycles. The highest BCUT2D eigenvalue weighted by Gasteiger charge is 2.12. The van der Waals surface area contributed by atoms with Crippen LogP contribution in [0.4, 0.5) is 0 Å².